The fourth-order valence-electron chi connectivity index (χ4n) is 2.98. The summed E-state index contributed by atoms with van der Waals surface area (Å²) < 4.78 is 21.1. The summed E-state index contributed by atoms with van der Waals surface area (Å²) >= 11 is 0. The standard InChI is InChI=1S/C18H17N3O5/c1-23-13-7-12(8-14(9-13)24-2)21-10-11(6-16(21)22)17-19-18(26-20-17)15-4-3-5-25-15/h3-5,7-9,11H,6,10H2,1-2H3. The van der Waals surface area contributed by atoms with Crippen molar-refractivity contribution >= 4 is 11.6 Å². The predicted molar refractivity (Wildman–Crippen MR) is 91.3 cm³/mol. The van der Waals surface area contributed by atoms with Crippen LogP contribution in [-0.4, -0.2) is 36.8 Å². The zero-order valence-electron chi connectivity index (χ0n) is 14.3. The Morgan fingerprint density at radius 3 is 2.62 bits per heavy atom. The van der Waals surface area contributed by atoms with Crippen molar-refractivity contribution in [3.05, 3.63) is 42.4 Å². The lowest BCUT2D eigenvalue weighted by atomic mass is 10.1. The quantitative estimate of drug-likeness (QED) is 0.695. The first-order valence-corrected chi connectivity index (χ1v) is 8.09. The van der Waals surface area contributed by atoms with Crippen LogP contribution in [0.4, 0.5) is 5.69 Å². The molecule has 0 saturated carbocycles. The van der Waals surface area contributed by atoms with Gasteiger partial charge in [0.2, 0.25) is 5.91 Å². The van der Waals surface area contributed by atoms with Crippen LogP contribution >= 0.6 is 0 Å². The first-order chi connectivity index (χ1) is 12.7. The molecule has 3 heterocycles. The Morgan fingerprint density at radius 1 is 1.19 bits per heavy atom. The van der Waals surface area contributed by atoms with Crippen molar-refractivity contribution in [1.82, 2.24) is 10.1 Å². The number of furan rings is 1. The first-order valence-electron chi connectivity index (χ1n) is 8.09. The molecule has 1 atom stereocenters. The fraction of sp³-hybridized carbons (Fsp3) is 0.278. The maximum Gasteiger partial charge on any atom is 0.293 e. The second kappa shape index (κ2) is 6.55. The number of anilines is 1. The van der Waals surface area contributed by atoms with Crippen LogP contribution in [0.3, 0.4) is 0 Å². The van der Waals surface area contributed by atoms with E-state index in [0.29, 0.717) is 47.6 Å². The molecule has 1 amide bonds. The Hall–Kier alpha value is -3.29. The number of aromatic nitrogens is 2. The van der Waals surface area contributed by atoms with Gasteiger partial charge in [0.15, 0.2) is 11.6 Å². The van der Waals surface area contributed by atoms with Crippen molar-refractivity contribution in [1.29, 1.82) is 0 Å². The van der Waals surface area contributed by atoms with Gasteiger partial charge in [0.1, 0.15) is 11.5 Å². The molecule has 0 N–H and O–H groups in total. The van der Waals surface area contributed by atoms with Crippen LogP contribution < -0.4 is 14.4 Å². The van der Waals surface area contributed by atoms with Crippen LogP contribution in [0.15, 0.2) is 45.5 Å². The molecule has 0 aliphatic carbocycles. The Kier molecular flexibility index (Phi) is 4.08. The van der Waals surface area contributed by atoms with Gasteiger partial charge in [0.25, 0.3) is 5.89 Å². The maximum atomic E-state index is 12.5. The zero-order chi connectivity index (χ0) is 18.1. The van der Waals surface area contributed by atoms with Gasteiger partial charge in [-0.05, 0) is 12.1 Å². The van der Waals surface area contributed by atoms with Crippen molar-refractivity contribution in [2.75, 3.05) is 25.7 Å². The number of rotatable bonds is 5. The number of nitrogens with zero attached hydrogens (tertiary/aromatic N) is 3. The highest BCUT2D eigenvalue weighted by Gasteiger charge is 2.35. The van der Waals surface area contributed by atoms with E-state index in [-0.39, 0.29) is 11.8 Å². The van der Waals surface area contributed by atoms with E-state index in [1.165, 1.54) is 6.26 Å². The molecule has 0 bridgehead atoms. The number of amides is 1. The average molecular weight is 355 g/mol. The number of hydrogen-bond donors (Lipinski definition) is 0. The van der Waals surface area contributed by atoms with E-state index < -0.39 is 0 Å². The van der Waals surface area contributed by atoms with Gasteiger partial charge in [0.05, 0.1) is 26.2 Å². The Bertz CT molecular complexity index is 897. The third-order valence-electron chi connectivity index (χ3n) is 4.31. The van der Waals surface area contributed by atoms with E-state index in [0.717, 1.165) is 0 Å². The highest BCUT2D eigenvalue weighted by Crippen LogP contribution is 2.35. The van der Waals surface area contributed by atoms with E-state index in [1.807, 2.05) is 0 Å². The van der Waals surface area contributed by atoms with Crippen molar-refractivity contribution in [2.24, 2.45) is 0 Å². The lowest BCUT2D eigenvalue weighted by molar-refractivity contribution is -0.117. The molecule has 0 radical (unpaired) electrons. The number of benzene rings is 1. The third-order valence-corrected chi connectivity index (χ3v) is 4.31. The molecule has 26 heavy (non-hydrogen) atoms. The number of carbonyl (C=O) groups excluding carboxylic acids is 1. The summed E-state index contributed by atoms with van der Waals surface area (Å²) in [7, 11) is 3.14. The second-order valence-electron chi connectivity index (χ2n) is 5.91. The minimum atomic E-state index is -0.160. The minimum Gasteiger partial charge on any atom is -0.497 e. The highest BCUT2D eigenvalue weighted by atomic mass is 16.5. The van der Waals surface area contributed by atoms with E-state index in [1.54, 1.807) is 49.5 Å². The smallest absolute Gasteiger partial charge is 0.293 e. The van der Waals surface area contributed by atoms with E-state index in [9.17, 15) is 4.79 Å². The molecule has 1 unspecified atom stereocenters. The number of hydrogen-bond acceptors (Lipinski definition) is 7. The Morgan fingerprint density at radius 2 is 1.96 bits per heavy atom. The molecule has 1 fully saturated rings. The van der Waals surface area contributed by atoms with Gasteiger partial charge in [-0.25, -0.2) is 0 Å². The number of ether oxygens (including phenoxy) is 2. The van der Waals surface area contributed by atoms with Crippen molar-refractivity contribution < 1.29 is 23.2 Å². The topological polar surface area (TPSA) is 90.8 Å². The van der Waals surface area contributed by atoms with Crippen LogP contribution in [0.1, 0.15) is 18.2 Å². The molecule has 0 spiro atoms. The normalized spacial score (nSPS) is 16.9. The SMILES string of the molecule is COc1cc(OC)cc(N2CC(c3noc(-c4ccco4)n3)CC2=O)c1. The van der Waals surface area contributed by atoms with Gasteiger partial charge in [-0.2, -0.15) is 4.98 Å². The molecule has 1 saturated heterocycles. The Balaban J connectivity index is 1.58. The van der Waals surface area contributed by atoms with Gasteiger partial charge in [-0.15, -0.1) is 0 Å². The molecule has 8 nitrogen and oxygen atoms in total. The monoisotopic (exact) mass is 355 g/mol. The van der Waals surface area contributed by atoms with Crippen LogP contribution in [0.25, 0.3) is 11.7 Å². The van der Waals surface area contributed by atoms with Crippen LogP contribution in [0, 0.1) is 0 Å². The molecule has 8 heteroatoms. The molecule has 1 aliphatic rings. The molecule has 134 valence electrons. The lowest BCUT2D eigenvalue weighted by Crippen LogP contribution is -2.24. The van der Waals surface area contributed by atoms with E-state index in [2.05, 4.69) is 10.1 Å². The van der Waals surface area contributed by atoms with Crippen LogP contribution in [-0.2, 0) is 4.79 Å². The number of methoxy groups -OCH3 is 2. The van der Waals surface area contributed by atoms with E-state index in [4.69, 9.17) is 18.4 Å². The van der Waals surface area contributed by atoms with Crippen molar-refractivity contribution in [3.8, 4) is 23.1 Å². The van der Waals surface area contributed by atoms with Crippen molar-refractivity contribution in [3.63, 3.8) is 0 Å². The molecule has 2 aromatic heterocycles. The van der Waals surface area contributed by atoms with E-state index >= 15 is 0 Å². The largest absolute Gasteiger partial charge is 0.497 e. The van der Waals surface area contributed by atoms with Crippen LogP contribution in [0.2, 0.25) is 0 Å². The molecular weight excluding hydrogens is 338 g/mol. The fourth-order valence-corrected chi connectivity index (χ4v) is 2.98. The summed E-state index contributed by atoms with van der Waals surface area (Å²) in [6, 6.07) is 8.85. The zero-order valence-corrected chi connectivity index (χ0v) is 14.3. The average Bonchev–Trinajstić information content (AvgIpc) is 3.40. The second-order valence-corrected chi connectivity index (χ2v) is 5.91. The van der Waals surface area contributed by atoms with Gasteiger partial charge in [-0.3, -0.25) is 4.79 Å². The molecule has 1 aliphatic heterocycles. The summed E-state index contributed by atoms with van der Waals surface area (Å²) in [5.41, 5.74) is 0.712. The highest BCUT2D eigenvalue weighted by molar-refractivity contribution is 5.96. The third kappa shape index (κ3) is 2.90. The molecule has 3 aromatic rings. The minimum absolute atomic E-state index is 0.0188. The van der Waals surface area contributed by atoms with Crippen molar-refractivity contribution in [2.45, 2.75) is 12.3 Å². The van der Waals surface area contributed by atoms with Gasteiger partial charge >= 0.3 is 0 Å². The maximum absolute atomic E-state index is 12.5. The molecular formula is C18H17N3O5. The summed E-state index contributed by atoms with van der Waals surface area (Å²) in [5, 5.41) is 4.01. The Labute approximate surface area is 149 Å². The number of carbonyl (C=O) groups is 1. The van der Waals surface area contributed by atoms with Crippen LogP contribution in [0.5, 0.6) is 11.5 Å². The summed E-state index contributed by atoms with van der Waals surface area (Å²) in [5.74, 6) is 2.36. The van der Waals surface area contributed by atoms with Gasteiger partial charge in [-0.1, -0.05) is 5.16 Å². The lowest BCUT2D eigenvalue weighted by Gasteiger charge is -2.18. The summed E-state index contributed by atoms with van der Waals surface area (Å²) in [6.07, 6.45) is 1.84. The predicted octanol–water partition coefficient (Wildman–Crippen LogP) is 2.87. The van der Waals surface area contributed by atoms with Gasteiger partial charge in [0, 0.05) is 37.1 Å². The molecule has 4 rings (SSSR count). The molecule has 1 aromatic carbocycles. The first kappa shape index (κ1) is 16.2. The summed E-state index contributed by atoms with van der Waals surface area (Å²) in [4.78, 5) is 18.6. The summed E-state index contributed by atoms with van der Waals surface area (Å²) in [6.45, 7) is 0.451. The van der Waals surface area contributed by atoms with Gasteiger partial charge < -0.3 is 23.3 Å².